The van der Waals surface area contributed by atoms with E-state index in [4.69, 9.17) is 9.68 Å². The minimum Gasteiger partial charge on any atom is -0.201 e. The van der Waals surface area contributed by atoms with Crippen LogP contribution in [0, 0.1) is 0 Å². The van der Waals surface area contributed by atoms with Crippen LogP contribution >= 0.6 is 0 Å². The van der Waals surface area contributed by atoms with Crippen molar-refractivity contribution in [3.63, 3.8) is 0 Å². The van der Waals surface area contributed by atoms with E-state index in [-0.39, 0.29) is 0 Å². The normalized spacial score (nSPS) is 20.8. The summed E-state index contributed by atoms with van der Waals surface area (Å²) in [6.07, 6.45) is 4.92. The van der Waals surface area contributed by atoms with Crippen LogP contribution in [0.1, 0.15) is 36.8 Å². The molecule has 3 rings (SSSR count). The average molecular weight is 328 g/mol. The van der Waals surface area contributed by atoms with Gasteiger partial charge < -0.3 is 0 Å². The molecule has 4 nitrogen and oxygen atoms in total. The molecular weight excluding hydrogens is 300 g/mol. The van der Waals surface area contributed by atoms with Crippen molar-refractivity contribution in [2.45, 2.75) is 51.0 Å². The largest absolute Gasteiger partial charge is 0.201 e. The fourth-order valence-electron chi connectivity index (χ4n) is 3.21. The summed E-state index contributed by atoms with van der Waals surface area (Å²) in [7, 11) is 0. The second kappa shape index (κ2) is 9.55. The van der Waals surface area contributed by atoms with Crippen LogP contribution in [0.3, 0.4) is 0 Å². The molecule has 0 amide bonds. The molecule has 0 saturated heterocycles. The van der Waals surface area contributed by atoms with Gasteiger partial charge in [-0.25, -0.2) is 9.68 Å². The fourth-order valence-corrected chi connectivity index (χ4v) is 3.21. The minimum absolute atomic E-state index is 0.457. The predicted molar refractivity (Wildman–Crippen MR) is 92.4 cm³/mol. The lowest BCUT2D eigenvalue weighted by Gasteiger charge is -2.25. The molecule has 1 saturated carbocycles. The van der Waals surface area contributed by atoms with Crippen molar-refractivity contribution >= 4 is 0 Å². The van der Waals surface area contributed by atoms with E-state index in [0.717, 1.165) is 0 Å². The van der Waals surface area contributed by atoms with Gasteiger partial charge in [-0.1, -0.05) is 60.7 Å². The van der Waals surface area contributed by atoms with Gasteiger partial charge in [0.1, 0.15) is 13.2 Å². The second-order valence-electron chi connectivity index (χ2n) is 6.48. The van der Waals surface area contributed by atoms with Crippen LogP contribution in [0.4, 0.5) is 0 Å². The average Bonchev–Trinajstić information content (AvgIpc) is 2.65. The van der Waals surface area contributed by atoms with E-state index in [9.17, 15) is 0 Å². The van der Waals surface area contributed by atoms with Gasteiger partial charge >= 0.3 is 0 Å². The maximum absolute atomic E-state index is 5.85. The summed E-state index contributed by atoms with van der Waals surface area (Å²) in [6.45, 7) is 1.30. The lowest BCUT2D eigenvalue weighted by Crippen LogP contribution is -3.03. The first kappa shape index (κ1) is 17.1. The predicted octanol–water partition coefficient (Wildman–Crippen LogP) is 1.69. The summed E-state index contributed by atoms with van der Waals surface area (Å²) < 4.78 is 0. The molecule has 0 aliphatic heterocycles. The molecule has 0 heterocycles. The fraction of sp³-hybridized carbons (Fsp3) is 0.400. The smallest absolute Gasteiger partial charge is 0.170 e. The molecular formula is C20H28N2O2+2. The third-order valence-electron chi connectivity index (χ3n) is 4.60. The maximum Gasteiger partial charge on any atom is 0.170 e. The Hall–Kier alpha value is -1.72. The Morgan fingerprint density at radius 2 is 1.08 bits per heavy atom. The Balaban J connectivity index is 1.41. The quantitative estimate of drug-likeness (QED) is 0.725. The van der Waals surface area contributed by atoms with Crippen LogP contribution in [0.5, 0.6) is 0 Å². The zero-order valence-corrected chi connectivity index (χ0v) is 14.1. The molecule has 1 aliphatic carbocycles. The van der Waals surface area contributed by atoms with Crippen LogP contribution in [0.15, 0.2) is 60.7 Å². The molecule has 24 heavy (non-hydrogen) atoms. The summed E-state index contributed by atoms with van der Waals surface area (Å²) >= 11 is 0. The number of hydrogen-bond acceptors (Lipinski definition) is 2. The van der Waals surface area contributed by atoms with E-state index >= 15 is 0 Å². The van der Waals surface area contributed by atoms with E-state index in [1.54, 1.807) is 0 Å². The maximum atomic E-state index is 5.85. The number of quaternary nitrogens is 2. The highest BCUT2D eigenvalue weighted by molar-refractivity contribution is 5.13. The summed E-state index contributed by atoms with van der Waals surface area (Å²) in [5.41, 5.74) is 6.51. The highest BCUT2D eigenvalue weighted by Crippen LogP contribution is 2.14. The number of benzene rings is 2. The van der Waals surface area contributed by atoms with Crippen molar-refractivity contribution in [1.29, 1.82) is 0 Å². The monoisotopic (exact) mass is 328 g/mol. The van der Waals surface area contributed by atoms with Crippen molar-refractivity contribution in [3.05, 3.63) is 71.8 Å². The Morgan fingerprint density at radius 1 is 0.667 bits per heavy atom. The van der Waals surface area contributed by atoms with Crippen LogP contribution in [0.2, 0.25) is 0 Å². The van der Waals surface area contributed by atoms with E-state index in [1.807, 2.05) is 47.4 Å². The number of rotatable bonds is 8. The van der Waals surface area contributed by atoms with Crippen LogP contribution in [-0.2, 0) is 22.9 Å². The van der Waals surface area contributed by atoms with Gasteiger partial charge in [-0.05, 0) is 24.0 Å². The van der Waals surface area contributed by atoms with Gasteiger partial charge in [-0.15, -0.1) is 0 Å². The number of hydroxylamine groups is 2. The molecule has 4 N–H and O–H groups in total. The Labute approximate surface area is 144 Å². The third-order valence-corrected chi connectivity index (χ3v) is 4.60. The number of nitrogens with two attached hydrogens (primary N) is 2. The van der Waals surface area contributed by atoms with Crippen LogP contribution < -0.4 is 11.0 Å². The molecule has 2 aromatic carbocycles. The lowest BCUT2D eigenvalue weighted by atomic mass is 9.91. The first-order valence-corrected chi connectivity index (χ1v) is 8.89. The molecule has 0 unspecified atom stereocenters. The van der Waals surface area contributed by atoms with Crippen molar-refractivity contribution in [3.8, 4) is 0 Å². The third kappa shape index (κ3) is 5.42. The molecule has 2 aromatic rings. The van der Waals surface area contributed by atoms with Gasteiger partial charge in [-0.3, -0.25) is 0 Å². The van der Waals surface area contributed by atoms with E-state index in [0.29, 0.717) is 25.3 Å². The van der Waals surface area contributed by atoms with Gasteiger partial charge in [0.2, 0.25) is 0 Å². The molecule has 1 fully saturated rings. The van der Waals surface area contributed by atoms with Gasteiger partial charge in [-0.2, -0.15) is 11.0 Å². The second-order valence-corrected chi connectivity index (χ2v) is 6.48. The standard InChI is InChI=1S/C20H26N2O2/c1-3-9-17(10-4-1)15-23-21-19-13-7-8-14-20(19)22-24-16-18-11-5-2-6-12-18/h1-6,9-12,19-22H,7-8,13-16H2/p+2/t19-,20+. The van der Waals surface area contributed by atoms with E-state index in [1.165, 1.54) is 36.8 Å². The molecule has 0 radical (unpaired) electrons. The van der Waals surface area contributed by atoms with Crippen LogP contribution in [-0.4, -0.2) is 12.1 Å². The van der Waals surface area contributed by atoms with Gasteiger partial charge in [0.25, 0.3) is 0 Å². The topological polar surface area (TPSA) is 51.7 Å². The first-order chi connectivity index (χ1) is 11.9. The Morgan fingerprint density at radius 3 is 1.50 bits per heavy atom. The van der Waals surface area contributed by atoms with Crippen molar-refractivity contribution in [2.75, 3.05) is 0 Å². The highest BCUT2D eigenvalue weighted by Gasteiger charge is 2.32. The van der Waals surface area contributed by atoms with Crippen LogP contribution in [0.25, 0.3) is 0 Å². The molecule has 0 bridgehead atoms. The van der Waals surface area contributed by atoms with Gasteiger partial charge in [0, 0.05) is 12.8 Å². The zero-order valence-electron chi connectivity index (χ0n) is 14.1. The summed E-state index contributed by atoms with van der Waals surface area (Å²) in [4.78, 5) is 11.7. The molecule has 4 heteroatoms. The van der Waals surface area contributed by atoms with Crippen molar-refractivity contribution in [1.82, 2.24) is 0 Å². The minimum atomic E-state index is 0.457. The molecule has 1 aliphatic rings. The zero-order chi connectivity index (χ0) is 16.5. The highest BCUT2D eigenvalue weighted by atomic mass is 16.7. The molecule has 2 atom stereocenters. The van der Waals surface area contributed by atoms with E-state index in [2.05, 4.69) is 24.3 Å². The summed E-state index contributed by atoms with van der Waals surface area (Å²) in [6, 6.07) is 21.6. The summed E-state index contributed by atoms with van der Waals surface area (Å²) in [5.74, 6) is 0. The Bertz CT molecular complexity index is 523. The van der Waals surface area contributed by atoms with Gasteiger partial charge in [0.15, 0.2) is 12.1 Å². The molecule has 128 valence electrons. The molecule has 0 spiro atoms. The van der Waals surface area contributed by atoms with Gasteiger partial charge in [0.05, 0.1) is 0 Å². The van der Waals surface area contributed by atoms with Crippen molar-refractivity contribution < 1.29 is 20.6 Å². The lowest BCUT2D eigenvalue weighted by molar-refractivity contribution is -0.985. The molecule has 0 aromatic heterocycles. The summed E-state index contributed by atoms with van der Waals surface area (Å²) in [5, 5.41) is 0. The number of hydrogen-bond donors (Lipinski definition) is 2. The first-order valence-electron chi connectivity index (χ1n) is 8.89. The van der Waals surface area contributed by atoms with Crippen molar-refractivity contribution in [2.24, 2.45) is 0 Å². The van der Waals surface area contributed by atoms with E-state index < -0.39 is 0 Å². The Kier molecular flexibility index (Phi) is 6.81. The SMILES string of the molecule is c1ccc(CO[NH2+][C@H]2CCCC[C@H]2[NH2+]OCc2ccccc2)cc1.